The van der Waals surface area contributed by atoms with Crippen LogP contribution in [0, 0.1) is 28.6 Å². The third-order valence-corrected chi connectivity index (χ3v) is 6.87. The van der Waals surface area contributed by atoms with Crippen molar-refractivity contribution in [1.82, 2.24) is 0 Å². The molecule has 0 heterocycles. The minimum absolute atomic E-state index is 0.326. The largest absolute Gasteiger partial charge is 0.295 e. The average molecular weight is 246 g/mol. The van der Waals surface area contributed by atoms with Crippen molar-refractivity contribution in [3.63, 3.8) is 0 Å². The van der Waals surface area contributed by atoms with E-state index in [2.05, 4.69) is 27.7 Å². The number of carbonyl (C=O) groups is 1. The molecule has 2 bridgehead atoms. The highest BCUT2D eigenvalue weighted by Crippen LogP contribution is 2.72. The molecule has 1 spiro atoms. The Morgan fingerprint density at radius 1 is 1.28 bits per heavy atom. The van der Waals surface area contributed by atoms with Gasteiger partial charge in [0.15, 0.2) is 5.78 Å². The summed E-state index contributed by atoms with van der Waals surface area (Å²) >= 11 is 0. The van der Waals surface area contributed by atoms with Crippen LogP contribution in [0.5, 0.6) is 0 Å². The maximum Gasteiger partial charge on any atom is 0.155 e. The zero-order valence-corrected chi connectivity index (χ0v) is 12.5. The van der Waals surface area contributed by atoms with Crippen LogP contribution in [-0.4, -0.2) is 5.78 Å². The van der Waals surface area contributed by atoms with Gasteiger partial charge in [0.2, 0.25) is 0 Å². The Balaban J connectivity index is 2.15. The summed E-state index contributed by atoms with van der Waals surface area (Å²) in [6, 6.07) is 0. The van der Waals surface area contributed by atoms with Gasteiger partial charge in [-0.2, -0.15) is 0 Å². The highest BCUT2D eigenvalue weighted by molar-refractivity contribution is 5.94. The maximum absolute atomic E-state index is 12.0. The molecule has 0 unspecified atom stereocenters. The summed E-state index contributed by atoms with van der Waals surface area (Å²) in [5.41, 5.74) is 3.44. The number of hydrogen-bond acceptors (Lipinski definition) is 1. The first-order valence-electron chi connectivity index (χ1n) is 7.51. The second-order valence-corrected chi connectivity index (χ2v) is 7.74. The molecule has 1 nitrogen and oxygen atoms in total. The first kappa shape index (κ1) is 12.4. The zero-order chi connectivity index (χ0) is 13.3. The van der Waals surface area contributed by atoms with Crippen LogP contribution in [-0.2, 0) is 4.79 Å². The molecule has 0 aromatic rings. The van der Waals surface area contributed by atoms with E-state index in [-0.39, 0.29) is 0 Å². The molecule has 18 heavy (non-hydrogen) atoms. The Bertz CT molecular complexity index is 443. The van der Waals surface area contributed by atoms with Gasteiger partial charge in [-0.15, -0.1) is 0 Å². The quantitative estimate of drug-likeness (QED) is 0.671. The summed E-state index contributed by atoms with van der Waals surface area (Å²) in [7, 11) is 0. The number of ketones is 1. The van der Waals surface area contributed by atoms with Gasteiger partial charge in [-0.1, -0.05) is 26.3 Å². The van der Waals surface area contributed by atoms with Gasteiger partial charge in [0.05, 0.1) is 0 Å². The standard InChI is InChI=1S/C17H26O/c1-10-6-7-15-16(4,5)14-9-17(10,15)8-13(11(14)2)12(3)18/h10,14-15H,6-9H2,1-5H3/t10-,14-,15-,17+/m1/s1. The predicted molar refractivity (Wildman–Crippen MR) is 74.2 cm³/mol. The molecule has 3 aliphatic rings. The van der Waals surface area contributed by atoms with Crippen LogP contribution in [0.4, 0.5) is 0 Å². The van der Waals surface area contributed by atoms with E-state index < -0.39 is 0 Å². The van der Waals surface area contributed by atoms with Crippen LogP contribution in [0.2, 0.25) is 0 Å². The van der Waals surface area contributed by atoms with Gasteiger partial charge in [-0.05, 0) is 73.7 Å². The lowest BCUT2D eigenvalue weighted by Crippen LogP contribution is -2.32. The van der Waals surface area contributed by atoms with Gasteiger partial charge < -0.3 is 0 Å². The Kier molecular flexibility index (Phi) is 2.41. The van der Waals surface area contributed by atoms with Crippen LogP contribution < -0.4 is 0 Å². The van der Waals surface area contributed by atoms with Crippen molar-refractivity contribution in [2.75, 3.05) is 0 Å². The van der Waals surface area contributed by atoms with Gasteiger partial charge in [0, 0.05) is 0 Å². The van der Waals surface area contributed by atoms with Gasteiger partial charge in [-0.25, -0.2) is 0 Å². The molecule has 0 aliphatic heterocycles. The molecule has 0 radical (unpaired) electrons. The van der Waals surface area contributed by atoms with E-state index in [1.54, 1.807) is 6.92 Å². The van der Waals surface area contributed by atoms with Crippen molar-refractivity contribution < 1.29 is 4.79 Å². The van der Waals surface area contributed by atoms with Crippen LogP contribution in [0.1, 0.15) is 60.3 Å². The van der Waals surface area contributed by atoms with Crippen molar-refractivity contribution in [3.8, 4) is 0 Å². The second-order valence-electron chi connectivity index (χ2n) is 7.74. The fourth-order valence-electron chi connectivity index (χ4n) is 5.84. The van der Waals surface area contributed by atoms with Gasteiger partial charge in [0.25, 0.3) is 0 Å². The fourth-order valence-corrected chi connectivity index (χ4v) is 5.84. The minimum atomic E-state index is 0.326. The molecule has 100 valence electrons. The summed E-state index contributed by atoms with van der Waals surface area (Å²) in [5.74, 6) is 2.61. The fraction of sp³-hybridized carbons (Fsp3) is 0.824. The van der Waals surface area contributed by atoms with Crippen LogP contribution in [0.15, 0.2) is 11.1 Å². The Morgan fingerprint density at radius 2 is 1.94 bits per heavy atom. The van der Waals surface area contributed by atoms with E-state index in [1.165, 1.54) is 30.4 Å². The molecule has 1 heteroatoms. The first-order valence-corrected chi connectivity index (χ1v) is 7.51. The molecule has 4 atom stereocenters. The first-order chi connectivity index (χ1) is 8.30. The maximum atomic E-state index is 12.0. The number of fused-ring (bicyclic) bond motifs is 1. The zero-order valence-electron chi connectivity index (χ0n) is 12.5. The van der Waals surface area contributed by atoms with Gasteiger partial charge in [0.1, 0.15) is 0 Å². The molecule has 3 rings (SSSR count). The molecule has 3 aliphatic carbocycles. The Morgan fingerprint density at radius 3 is 2.56 bits per heavy atom. The third kappa shape index (κ3) is 1.26. The van der Waals surface area contributed by atoms with Crippen LogP contribution in [0.25, 0.3) is 0 Å². The van der Waals surface area contributed by atoms with Crippen molar-refractivity contribution in [1.29, 1.82) is 0 Å². The molecular weight excluding hydrogens is 220 g/mol. The topological polar surface area (TPSA) is 17.1 Å². The van der Waals surface area contributed by atoms with E-state index in [0.717, 1.165) is 18.3 Å². The SMILES string of the molecule is CC(=O)C1=C(C)[C@H]2C[C@@]3(C1)[C@H](C)CC[C@@H]3C2(C)C. The second kappa shape index (κ2) is 3.49. The van der Waals surface area contributed by atoms with Crippen molar-refractivity contribution in [2.45, 2.75) is 60.3 Å². The van der Waals surface area contributed by atoms with Gasteiger partial charge >= 0.3 is 0 Å². The van der Waals surface area contributed by atoms with E-state index >= 15 is 0 Å². The molecule has 0 N–H and O–H groups in total. The lowest BCUT2D eigenvalue weighted by Gasteiger charge is -2.38. The lowest BCUT2D eigenvalue weighted by atomic mass is 9.65. The summed E-state index contributed by atoms with van der Waals surface area (Å²) < 4.78 is 0. The monoisotopic (exact) mass is 246 g/mol. The summed E-state index contributed by atoms with van der Waals surface area (Å²) in [6.45, 7) is 11.3. The molecule has 0 aromatic heterocycles. The Labute approximate surface area is 111 Å². The molecule has 2 fully saturated rings. The highest BCUT2D eigenvalue weighted by Gasteiger charge is 2.64. The summed E-state index contributed by atoms with van der Waals surface area (Å²) in [4.78, 5) is 12.0. The molecule has 0 aromatic carbocycles. The van der Waals surface area contributed by atoms with Crippen LogP contribution >= 0.6 is 0 Å². The van der Waals surface area contributed by atoms with E-state index in [4.69, 9.17) is 0 Å². The van der Waals surface area contributed by atoms with Crippen LogP contribution in [0.3, 0.4) is 0 Å². The lowest BCUT2D eigenvalue weighted by molar-refractivity contribution is -0.114. The number of carbonyl (C=O) groups excluding carboxylic acids is 1. The average Bonchev–Trinajstić information content (AvgIpc) is 2.68. The van der Waals surface area contributed by atoms with Crippen molar-refractivity contribution in [2.24, 2.45) is 28.6 Å². The van der Waals surface area contributed by atoms with E-state index in [0.29, 0.717) is 22.5 Å². The van der Waals surface area contributed by atoms with E-state index in [9.17, 15) is 4.79 Å². The number of Topliss-reactive ketones (excluding diaryl/α,β-unsaturated/α-hetero) is 1. The normalized spacial score (nSPS) is 45.3. The molecule has 0 saturated heterocycles. The highest BCUT2D eigenvalue weighted by atomic mass is 16.1. The Hall–Kier alpha value is -0.590. The molecule has 0 amide bonds. The predicted octanol–water partition coefficient (Wildman–Crippen LogP) is 4.37. The molecular formula is C17H26O. The summed E-state index contributed by atoms with van der Waals surface area (Å²) in [5, 5.41) is 0. The number of rotatable bonds is 1. The van der Waals surface area contributed by atoms with Crippen molar-refractivity contribution in [3.05, 3.63) is 11.1 Å². The third-order valence-electron chi connectivity index (χ3n) is 6.87. The van der Waals surface area contributed by atoms with Gasteiger partial charge in [-0.3, -0.25) is 4.79 Å². The smallest absolute Gasteiger partial charge is 0.155 e. The number of hydrogen-bond donors (Lipinski definition) is 0. The van der Waals surface area contributed by atoms with E-state index in [1.807, 2.05) is 0 Å². The molecule has 2 saturated carbocycles. The number of allylic oxidation sites excluding steroid dienone is 2. The minimum Gasteiger partial charge on any atom is -0.295 e. The summed E-state index contributed by atoms with van der Waals surface area (Å²) in [6.07, 6.45) is 5.16. The van der Waals surface area contributed by atoms with Crippen molar-refractivity contribution >= 4 is 5.78 Å².